The Morgan fingerprint density at radius 3 is 2.30 bits per heavy atom. The maximum Gasteiger partial charge on any atom is 0.225 e. The minimum Gasteiger partial charge on any atom is -0.341 e. The van der Waals surface area contributed by atoms with E-state index in [1.54, 1.807) is 0 Å². The van der Waals surface area contributed by atoms with Crippen LogP contribution >= 0.6 is 0 Å². The van der Waals surface area contributed by atoms with Crippen molar-refractivity contribution in [1.82, 2.24) is 19.5 Å². The van der Waals surface area contributed by atoms with Crippen molar-refractivity contribution in [3.63, 3.8) is 0 Å². The van der Waals surface area contributed by atoms with Gasteiger partial charge < -0.3 is 9.47 Å². The molecule has 2 aliphatic rings. The predicted octanol–water partition coefficient (Wildman–Crippen LogP) is 3.84. The molecule has 0 radical (unpaired) electrons. The molecule has 3 aromatic rings. The maximum absolute atomic E-state index is 4.88. The van der Waals surface area contributed by atoms with Gasteiger partial charge in [-0.2, -0.15) is 0 Å². The summed E-state index contributed by atoms with van der Waals surface area (Å²) in [4.78, 5) is 16.4. The Morgan fingerprint density at radius 2 is 1.59 bits per heavy atom. The number of rotatable bonds is 3. The number of aryl methyl sites for hydroxylation is 1. The molecule has 5 nitrogen and oxygen atoms in total. The van der Waals surface area contributed by atoms with Crippen molar-refractivity contribution in [2.75, 3.05) is 18.0 Å². The van der Waals surface area contributed by atoms with Crippen LogP contribution in [0.1, 0.15) is 37.6 Å². The molecule has 1 aromatic carbocycles. The topological polar surface area (TPSA) is 46.8 Å². The van der Waals surface area contributed by atoms with Crippen LogP contribution in [-0.4, -0.2) is 32.6 Å². The fraction of sp³-hybridized carbons (Fsp3) is 0.409. The van der Waals surface area contributed by atoms with Gasteiger partial charge in [-0.25, -0.2) is 15.0 Å². The van der Waals surface area contributed by atoms with Crippen LogP contribution in [-0.2, 0) is 18.4 Å². The lowest BCUT2D eigenvalue weighted by Gasteiger charge is -2.38. The van der Waals surface area contributed by atoms with E-state index in [0.29, 0.717) is 0 Å². The first-order valence-electron chi connectivity index (χ1n) is 9.96. The number of imidazole rings is 1. The van der Waals surface area contributed by atoms with Crippen molar-refractivity contribution >= 4 is 5.95 Å². The van der Waals surface area contributed by atoms with Crippen molar-refractivity contribution in [1.29, 1.82) is 0 Å². The summed E-state index contributed by atoms with van der Waals surface area (Å²) >= 11 is 0. The second-order valence-corrected chi connectivity index (χ2v) is 7.75. The van der Waals surface area contributed by atoms with Crippen molar-refractivity contribution in [2.45, 2.75) is 44.6 Å². The van der Waals surface area contributed by atoms with Crippen LogP contribution in [0.15, 0.2) is 48.9 Å². The highest BCUT2D eigenvalue weighted by Crippen LogP contribution is 2.44. The Bertz CT molecular complexity index is 921. The number of piperidine rings is 1. The van der Waals surface area contributed by atoms with Gasteiger partial charge in [-0.05, 0) is 36.8 Å². The number of aromatic nitrogens is 4. The Hall–Kier alpha value is -2.69. The molecule has 27 heavy (non-hydrogen) atoms. The Balaban J connectivity index is 1.36. The molecule has 0 atom stereocenters. The average molecular weight is 359 g/mol. The maximum atomic E-state index is 4.88. The van der Waals surface area contributed by atoms with Gasteiger partial charge in [0.1, 0.15) is 5.82 Å². The molecule has 5 heteroatoms. The number of anilines is 1. The molecule has 2 aromatic heterocycles. The second-order valence-electron chi connectivity index (χ2n) is 7.75. The van der Waals surface area contributed by atoms with Gasteiger partial charge in [-0.15, -0.1) is 0 Å². The van der Waals surface area contributed by atoms with Gasteiger partial charge in [-0.3, -0.25) is 0 Å². The number of hydrogen-bond acceptors (Lipinski definition) is 4. The summed E-state index contributed by atoms with van der Waals surface area (Å²) in [6.45, 7) is 5.20. The summed E-state index contributed by atoms with van der Waals surface area (Å²) in [5, 5.41) is 0. The zero-order valence-electron chi connectivity index (χ0n) is 15.8. The molecule has 2 aliphatic heterocycles. The van der Waals surface area contributed by atoms with E-state index < -0.39 is 0 Å². The lowest BCUT2D eigenvalue weighted by molar-refractivity contribution is 0.321. The summed E-state index contributed by atoms with van der Waals surface area (Å²) < 4.78 is 2.44. The monoisotopic (exact) mass is 359 g/mol. The van der Waals surface area contributed by atoms with E-state index in [-0.39, 0.29) is 5.41 Å². The quantitative estimate of drug-likeness (QED) is 0.713. The number of nitrogens with zero attached hydrogens (tertiary/aromatic N) is 5. The smallest absolute Gasteiger partial charge is 0.225 e. The lowest BCUT2D eigenvalue weighted by Crippen LogP contribution is -2.42. The molecule has 1 saturated heterocycles. The number of hydrogen-bond donors (Lipinski definition) is 0. The normalized spacial score (nSPS) is 18.0. The van der Waals surface area contributed by atoms with Gasteiger partial charge in [0.2, 0.25) is 5.95 Å². The van der Waals surface area contributed by atoms with Gasteiger partial charge in [0, 0.05) is 37.4 Å². The van der Waals surface area contributed by atoms with E-state index in [4.69, 9.17) is 4.98 Å². The van der Waals surface area contributed by atoms with Gasteiger partial charge >= 0.3 is 0 Å². The van der Waals surface area contributed by atoms with E-state index in [9.17, 15) is 0 Å². The molecule has 5 rings (SSSR count). The molecular weight excluding hydrogens is 334 g/mol. The zero-order valence-corrected chi connectivity index (χ0v) is 15.8. The van der Waals surface area contributed by atoms with Gasteiger partial charge in [-0.1, -0.05) is 37.3 Å². The third-order valence-electron chi connectivity index (χ3n) is 6.32. The fourth-order valence-electron chi connectivity index (χ4n) is 4.60. The Labute approximate surface area is 160 Å². The lowest BCUT2D eigenvalue weighted by atomic mass is 9.77. The van der Waals surface area contributed by atoms with Crippen molar-refractivity contribution in [3.05, 3.63) is 60.3 Å². The van der Waals surface area contributed by atoms with E-state index in [1.807, 2.05) is 12.4 Å². The highest BCUT2D eigenvalue weighted by atomic mass is 15.3. The van der Waals surface area contributed by atoms with Crippen LogP contribution < -0.4 is 4.90 Å². The van der Waals surface area contributed by atoms with Crippen molar-refractivity contribution in [3.8, 4) is 11.3 Å². The molecule has 1 fully saturated rings. The Kier molecular flexibility index (Phi) is 3.96. The van der Waals surface area contributed by atoms with Crippen molar-refractivity contribution < 1.29 is 0 Å². The standard InChI is InChI=1S/C22H25N5/c1-2-17-14-24-21(25-15-17)26-11-8-22(9-12-26)10-13-27-19(16-23-20(22)27)18-6-4-3-5-7-18/h3-7,14-16H,2,8-13H2,1H3. The van der Waals surface area contributed by atoms with E-state index in [0.717, 1.165) is 44.8 Å². The molecule has 0 N–H and O–H groups in total. The predicted molar refractivity (Wildman–Crippen MR) is 107 cm³/mol. The summed E-state index contributed by atoms with van der Waals surface area (Å²) in [5.41, 5.74) is 3.92. The highest BCUT2D eigenvalue weighted by Gasteiger charge is 2.44. The van der Waals surface area contributed by atoms with E-state index in [1.165, 1.54) is 29.1 Å². The summed E-state index contributed by atoms with van der Waals surface area (Å²) in [6.07, 6.45) is 10.4. The minimum absolute atomic E-state index is 0.215. The molecule has 0 bridgehead atoms. The fourth-order valence-corrected chi connectivity index (χ4v) is 4.60. The van der Waals surface area contributed by atoms with Crippen LogP contribution in [0.5, 0.6) is 0 Å². The third-order valence-corrected chi connectivity index (χ3v) is 6.32. The molecule has 138 valence electrons. The summed E-state index contributed by atoms with van der Waals surface area (Å²) in [5.74, 6) is 2.15. The average Bonchev–Trinajstić information content (AvgIpc) is 3.31. The van der Waals surface area contributed by atoms with E-state index in [2.05, 4.69) is 62.9 Å². The van der Waals surface area contributed by atoms with Crippen LogP contribution in [0.2, 0.25) is 0 Å². The van der Waals surface area contributed by atoms with Crippen LogP contribution in [0, 0.1) is 0 Å². The SMILES string of the molecule is CCc1cnc(N2CCC3(CC2)CCn2c(-c4ccccc4)cnc23)nc1. The number of benzene rings is 1. The largest absolute Gasteiger partial charge is 0.341 e. The van der Waals surface area contributed by atoms with Crippen LogP contribution in [0.4, 0.5) is 5.95 Å². The first kappa shape index (κ1) is 16.5. The number of fused-ring (bicyclic) bond motifs is 2. The van der Waals surface area contributed by atoms with E-state index >= 15 is 0 Å². The Morgan fingerprint density at radius 1 is 0.889 bits per heavy atom. The molecule has 0 saturated carbocycles. The molecule has 0 aliphatic carbocycles. The second kappa shape index (κ2) is 6.48. The first-order chi connectivity index (χ1) is 13.3. The molecule has 0 unspecified atom stereocenters. The van der Waals surface area contributed by atoms with Crippen molar-refractivity contribution in [2.24, 2.45) is 0 Å². The zero-order chi connectivity index (χ0) is 18.3. The minimum atomic E-state index is 0.215. The molecule has 0 amide bonds. The van der Waals surface area contributed by atoms with Gasteiger partial charge in [0.05, 0.1) is 11.9 Å². The molecular formula is C22H25N5. The third kappa shape index (κ3) is 2.73. The molecule has 4 heterocycles. The molecule has 1 spiro atoms. The summed E-state index contributed by atoms with van der Waals surface area (Å²) in [7, 11) is 0. The van der Waals surface area contributed by atoms with Crippen LogP contribution in [0.25, 0.3) is 11.3 Å². The first-order valence-corrected chi connectivity index (χ1v) is 9.96. The summed E-state index contributed by atoms with van der Waals surface area (Å²) in [6, 6.07) is 10.6. The van der Waals surface area contributed by atoms with Crippen LogP contribution in [0.3, 0.4) is 0 Å². The van der Waals surface area contributed by atoms with Gasteiger partial charge in [0.25, 0.3) is 0 Å². The van der Waals surface area contributed by atoms with Gasteiger partial charge in [0.15, 0.2) is 0 Å². The highest BCUT2D eigenvalue weighted by molar-refractivity contribution is 5.60.